The summed E-state index contributed by atoms with van der Waals surface area (Å²) >= 11 is 0.483. The molecule has 0 N–H and O–H groups in total. The summed E-state index contributed by atoms with van der Waals surface area (Å²) in [6.45, 7) is 7.49. The third-order valence-corrected chi connectivity index (χ3v) is 11.4. The summed E-state index contributed by atoms with van der Waals surface area (Å²) in [6, 6.07) is 11.3. The number of hydrogen-bond donors (Lipinski definition) is 0. The van der Waals surface area contributed by atoms with Crippen LogP contribution in [0.3, 0.4) is 0 Å². The van der Waals surface area contributed by atoms with Crippen LogP contribution < -0.4 is 9.64 Å². The number of amides is 1. The van der Waals surface area contributed by atoms with Crippen LogP contribution >= 0.6 is 9.90 Å². The SMILES string of the molecule is CC(C)(C)OC(=O)N1C2CCC1CN(c1nc(OCC34CCCN3CC(=C(F)F)C4)nc3c(F)c(-c4cccc5cccc(C#[C][Tl])c45)ncc13)C2.P.[SH-]. The fourth-order valence-electron chi connectivity index (χ4n) is 8.59. The molecule has 0 saturated carbocycles. The molecule has 0 spiro atoms. The van der Waals surface area contributed by atoms with E-state index in [0.29, 0.717) is 68.6 Å². The van der Waals surface area contributed by atoms with Crippen molar-refractivity contribution < 1.29 is 27.4 Å². The Morgan fingerprint density at radius 3 is 2.50 bits per heavy atom. The Hall–Kier alpha value is -3.19. The Kier molecular flexibility index (Phi) is 11.8. The predicted molar refractivity (Wildman–Crippen MR) is 213 cm³/mol. The van der Waals surface area contributed by atoms with Gasteiger partial charge in [0.2, 0.25) is 0 Å². The number of aromatic nitrogens is 3. The second-order valence-corrected chi connectivity index (χ2v) is 16.4. The molecule has 4 atom stereocenters. The van der Waals surface area contributed by atoms with Crippen molar-refractivity contribution in [2.24, 2.45) is 0 Å². The van der Waals surface area contributed by atoms with Gasteiger partial charge < -0.3 is 18.2 Å². The number of piperazine rings is 1. The molecule has 2 bridgehead atoms. The normalized spacial score (nSPS) is 22.0. The molecule has 54 heavy (non-hydrogen) atoms. The average molecular weight is 967 g/mol. The van der Waals surface area contributed by atoms with Gasteiger partial charge in [-0.15, -0.1) is 0 Å². The number of nitrogens with zero attached hydrogens (tertiary/aromatic N) is 6. The smallest absolute Gasteiger partial charge is 0.813 e. The number of rotatable bonds is 5. The van der Waals surface area contributed by atoms with Crippen molar-refractivity contribution in [3.8, 4) is 26.7 Å². The summed E-state index contributed by atoms with van der Waals surface area (Å²) in [5, 5.41) is 2.16. The summed E-state index contributed by atoms with van der Waals surface area (Å²) in [5.41, 5.74) is 0.509. The second kappa shape index (κ2) is 15.7. The minimum absolute atomic E-state index is 0. The molecule has 282 valence electrons. The number of carbonyl (C=O) groups is 1. The predicted octanol–water partition coefficient (Wildman–Crippen LogP) is 6.61. The summed E-state index contributed by atoms with van der Waals surface area (Å²) in [4.78, 5) is 33.4. The van der Waals surface area contributed by atoms with Crippen molar-refractivity contribution in [2.75, 3.05) is 37.7 Å². The Balaban J connectivity index is 0.00000249. The number of pyridine rings is 1. The topological polar surface area (TPSA) is 83.9 Å². The van der Waals surface area contributed by atoms with E-state index in [0.717, 1.165) is 35.6 Å². The molecular weight excluding hydrogens is 925 g/mol. The van der Waals surface area contributed by atoms with Crippen LogP contribution in [0.4, 0.5) is 23.8 Å². The summed E-state index contributed by atoms with van der Waals surface area (Å²) < 4.78 is 59.7. The minimum Gasteiger partial charge on any atom is -0.813 e. The number of ether oxygens (including phenoxy) is 2. The molecule has 1 amide bonds. The van der Waals surface area contributed by atoms with E-state index in [9.17, 15) is 13.6 Å². The molecule has 2 aromatic heterocycles. The van der Waals surface area contributed by atoms with Gasteiger partial charge in [-0.3, -0.25) is 9.80 Å². The summed E-state index contributed by atoms with van der Waals surface area (Å²) in [5.74, 6) is 3.06. The van der Waals surface area contributed by atoms with Crippen molar-refractivity contribution in [2.45, 2.75) is 76.1 Å². The molecule has 4 aliphatic rings. The number of carbonyl (C=O) groups excluding carboxylic acids is 1. The van der Waals surface area contributed by atoms with E-state index in [4.69, 9.17) is 19.4 Å². The molecule has 4 aromatic rings. The standard InChI is InChI=1S/C39H38F3N6O3.H3P.H2S.Tl/c1-5-23-9-6-10-24-11-7-12-28(30(23)24)32-31(40)33-29(18-43-32)35(46-20-26-13-14-27(21-46)48(26)37(49)51-38(2,3)4)45-36(44-33)50-22-39-15-8-16-47(39)19-25(17-39)34(41)42;;;/h6-7,9-12,18,26-27H,8,13-17,19-22H2,2-4H3;1H3;1H2;/p-1. The fourth-order valence-corrected chi connectivity index (χ4v) is 9.19. The molecule has 0 radical (unpaired) electrons. The van der Waals surface area contributed by atoms with Gasteiger partial charge in [0.1, 0.15) is 5.60 Å². The van der Waals surface area contributed by atoms with E-state index in [1.54, 1.807) is 6.20 Å². The van der Waals surface area contributed by atoms with Crippen molar-refractivity contribution in [1.82, 2.24) is 24.8 Å². The number of fused-ring (bicyclic) bond motifs is 5. The molecule has 6 heterocycles. The monoisotopic (exact) mass is 967 g/mol. The first kappa shape index (κ1) is 40.5. The van der Waals surface area contributed by atoms with Gasteiger partial charge in [0.25, 0.3) is 6.08 Å². The second-order valence-electron chi connectivity index (χ2n) is 15.2. The van der Waals surface area contributed by atoms with Crippen LogP contribution in [0.2, 0.25) is 0 Å². The Labute approximate surface area is 339 Å². The first-order valence-corrected chi connectivity index (χ1v) is 20.0. The number of hydrogen-bond acceptors (Lipinski definition) is 9. The van der Waals surface area contributed by atoms with E-state index in [2.05, 4.69) is 24.2 Å². The first-order chi connectivity index (χ1) is 24.9. The quantitative estimate of drug-likeness (QED) is 0.0723. The van der Waals surface area contributed by atoms with E-state index < -0.39 is 23.0 Å². The Morgan fingerprint density at radius 2 is 1.81 bits per heavy atom. The van der Waals surface area contributed by atoms with E-state index >= 15 is 4.39 Å². The molecule has 8 rings (SSSR count). The maximum absolute atomic E-state index is 17.1. The molecule has 9 nitrogen and oxygen atoms in total. The van der Waals surface area contributed by atoms with Crippen molar-refractivity contribution in [1.29, 1.82) is 0 Å². The fraction of sp³-hybridized carbons (Fsp3) is 0.436. The van der Waals surface area contributed by atoms with Crippen LogP contribution in [0.5, 0.6) is 6.01 Å². The molecule has 0 aliphatic carbocycles. The van der Waals surface area contributed by atoms with Gasteiger partial charge in [0.05, 0.1) is 17.6 Å². The minimum atomic E-state index is -1.63. The van der Waals surface area contributed by atoms with Crippen LogP contribution in [0.15, 0.2) is 54.2 Å². The van der Waals surface area contributed by atoms with Crippen LogP contribution in [0, 0.1) is 15.2 Å². The van der Waals surface area contributed by atoms with Crippen molar-refractivity contribution >= 4 is 82.7 Å². The maximum atomic E-state index is 17.1. The summed E-state index contributed by atoms with van der Waals surface area (Å²) in [7, 11) is 0. The van der Waals surface area contributed by atoms with E-state index in [1.165, 1.54) is 0 Å². The van der Waals surface area contributed by atoms with E-state index in [-0.39, 0.29) is 83.9 Å². The van der Waals surface area contributed by atoms with Crippen LogP contribution in [0.25, 0.3) is 32.9 Å². The van der Waals surface area contributed by atoms with Gasteiger partial charge >= 0.3 is 189 Å². The number of anilines is 1. The van der Waals surface area contributed by atoms with Crippen LogP contribution in [0.1, 0.15) is 58.4 Å². The zero-order valence-electron chi connectivity index (χ0n) is 30.5. The zero-order valence-corrected chi connectivity index (χ0v) is 37.3. The third-order valence-electron chi connectivity index (χ3n) is 10.8. The summed E-state index contributed by atoms with van der Waals surface area (Å²) in [6.07, 6.45) is 3.04. The van der Waals surface area contributed by atoms with Gasteiger partial charge in [-0.1, -0.05) is 0 Å². The molecular formula is C39H42F3N6O3PSTl-. The van der Waals surface area contributed by atoms with Gasteiger partial charge in [0.15, 0.2) is 0 Å². The number of benzene rings is 2. The first-order valence-electron chi connectivity index (χ1n) is 17.7. The molecule has 4 unspecified atom stereocenters. The molecule has 2 aromatic carbocycles. The van der Waals surface area contributed by atoms with Crippen molar-refractivity contribution in [3.63, 3.8) is 0 Å². The van der Waals surface area contributed by atoms with Gasteiger partial charge in [-0.05, 0) is 59.4 Å². The Bertz CT molecular complexity index is 2190. The molecule has 4 fully saturated rings. The molecule has 15 heteroatoms. The van der Waals surface area contributed by atoms with Gasteiger partial charge in [-0.25, -0.2) is 4.79 Å². The molecule has 4 saturated heterocycles. The van der Waals surface area contributed by atoms with Crippen LogP contribution in [-0.4, -0.2) is 113 Å². The number of thiol groups is 1. The third kappa shape index (κ3) is 7.40. The van der Waals surface area contributed by atoms with Crippen molar-refractivity contribution in [3.05, 3.63) is 65.6 Å². The number of halogens is 3. The van der Waals surface area contributed by atoms with E-state index in [1.807, 2.05) is 62.1 Å². The van der Waals surface area contributed by atoms with Gasteiger partial charge in [-0.2, -0.15) is 18.7 Å². The molecule has 4 aliphatic heterocycles. The van der Waals surface area contributed by atoms with Gasteiger partial charge in [0, 0.05) is 12.1 Å². The zero-order chi connectivity index (χ0) is 36.4. The Morgan fingerprint density at radius 1 is 1.09 bits per heavy atom. The van der Waals surface area contributed by atoms with Crippen LogP contribution in [-0.2, 0) is 18.2 Å². The average Bonchev–Trinajstić information content (AvgIpc) is 3.75.